The van der Waals surface area contributed by atoms with Crippen LogP contribution in [0.15, 0.2) is 17.1 Å². The number of aliphatic imine (C=N–C) groups is 1. The van der Waals surface area contributed by atoms with Crippen molar-refractivity contribution < 1.29 is 9.47 Å². The van der Waals surface area contributed by atoms with Gasteiger partial charge >= 0.3 is 0 Å². The van der Waals surface area contributed by atoms with E-state index in [9.17, 15) is 0 Å². The van der Waals surface area contributed by atoms with Gasteiger partial charge < -0.3 is 20.1 Å². The molecule has 0 unspecified atom stereocenters. The average Bonchev–Trinajstić information content (AvgIpc) is 2.59. The highest BCUT2D eigenvalue weighted by Crippen LogP contribution is 2.32. The summed E-state index contributed by atoms with van der Waals surface area (Å²) in [5.41, 5.74) is 8.56. The van der Waals surface area contributed by atoms with Crippen LogP contribution in [-0.4, -0.2) is 51.0 Å². The number of rotatable bonds is 7. The van der Waals surface area contributed by atoms with E-state index in [-0.39, 0.29) is 0 Å². The normalized spacial score (nSPS) is 16.4. The minimum Gasteiger partial charge on any atom is -0.493 e. The van der Waals surface area contributed by atoms with Gasteiger partial charge in [-0.2, -0.15) is 0 Å². The van der Waals surface area contributed by atoms with Gasteiger partial charge in [-0.25, -0.2) is 0 Å². The van der Waals surface area contributed by atoms with Crippen molar-refractivity contribution in [1.82, 2.24) is 4.90 Å². The second kappa shape index (κ2) is 8.77. The van der Waals surface area contributed by atoms with Crippen LogP contribution in [0.3, 0.4) is 0 Å². The van der Waals surface area contributed by atoms with Gasteiger partial charge in [0.25, 0.3) is 0 Å². The van der Waals surface area contributed by atoms with Gasteiger partial charge in [-0.15, -0.1) is 0 Å². The summed E-state index contributed by atoms with van der Waals surface area (Å²) >= 11 is 0. The van der Waals surface area contributed by atoms with E-state index in [4.69, 9.17) is 15.2 Å². The topological polar surface area (TPSA) is 60.1 Å². The second-order valence-corrected chi connectivity index (χ2v) is 6.00. The predicted molar refractivity (Wildman–Crippen MR) is 95.9 cm³/mol. The summed E-state index contributed by atoms with van der Waals surface area (Å²) in [7, 11) is 3.40. The lowest BCUT2D eigenvalue weighted by atomic mass is 10.1. The minimum atomic E-state index is 0.667. The van der Waals surface area contributed by atoms with Crippen molar-refractivity contribution in [2.45, 2.75) is 32.6 Å². The number of ether oxygens (including phenoxy) is 2. The third-order valence-corrected chi connectivity index (χ3v) is 4.39. The molecule has 0 amide bonds. The van der Waals surface area contributed by atoms with E-state index >= 15 is 0 Å². The Morgan fingerprint density at radius 1 is 1.22 bits per heavy atom. The third kappa shape index (κ3) is 4.86. The molecule has 128 valence electrons. The maximum Gasteiger partial charge on any atom is 0.163 e. The van der Waals surface area contributed by atoms with Gasteiger partial charge in [0.2, 0.25) is 0 Å². The molecule has 0 aliphatic carbocycles. The molecule has 23 heavy (non-hydrogen) atoms. The molecular weight excluding hydrogens is 290 g/mol. The Morgan fingerprint density at radius 3 is 2.61 bits per heavy atom. The Hall–Kier alpha value is -1.75. The number of methoxy groups -OCH3 is 1. The number of nitrogens with zero attached hydrogens (tertiary/aromatic N) is 2. The fraction of sp³-hybridized carbons (Fsp3) is 0.611. The summed E-state index contributed by atoms with van der Waals surface area (Å²) in [5, 5.41) is 0. The Kier molecular flexibility index (Phi) is 6.71. The van der Waals surface area contributed by atoms with Crippen molar-refractivity contribution in [2.75, 3.05) is 46.1 Å². The molecule has 5 nitrogen and oxygen atoms in total. The van der Waals surface area contributed by atoms with Gasteiger partial charge in [-0.3, -0.25) is 4.99 Å². The number of nitrogens with two attached hydrogens (primary N) is 1. The lowest BCUT2D eigenvalue weighted by Crippen LogP contribution is -2.31. The quantitative estimate of drug-likeness (QED) is 0.477. The molecule has 0 aromatic heterocycles. The van der Waals surface area contributed by atoms with Gasteiger partial charge in [0, 0.05) is 36.6 Å². The van der Waals surface area contributed by atoms with E-state index in [1.54, 1.807) is 14.2 Å². The Morgan fingerprint density at radius 2 is 1.96 bits per heavy atom. The summed E-state index contributed by atoms with van der Waals surface area (Å²) < 4.78 is 11.3. The zero-order valence-corrected chi connectivity index (χ0v) is 14.6. The van der Waals surface area contributed by atoms with Crippen LogP contribution < -0.4 is 15.2 Å². The number of likely N-dealkylation sites (tertiary alicyclic amines) is 1. The molecule has 5 heteroatoms. The first-order valence-electron chi connectivity index (χ1n) is 8.42. The number of benzene rings is 1. The van der Waals surface area contributed by atoms with Crippen LogP contribution in [0.2, 0.25) is 0 Å². The van der Waals surface area contributed by atoms with E-state index in [1.807, 2.05) is 19.1 Å². The highest BCUT2D eigenvalue weighted by atomic mass is 16.5. The predicted octanol–water partition coefficient (Wildman–Crippen LogP) is 2.97. The summed E-state index contributed by atoms with van der Waals surface area (Å²) in [6, 6.07) is 3.74. The molecule has 0 radical (unpaired) electrons. The van der Waals surface area contributed by atoms with Crippen molar-refractivity contribution in [3.05, 3.63) is 17.7 Å². The average molecular weight is 319 g/mol. The fourth-order valence-corrected chi connectivity index (χ4v) is 2.94. The number of hydrogen-bond donors (Lipinski definition) is 1. The van der Waals surface area contributed by atoms with E-state index in [0.717, 1.165) is 24.2 Å². The van der Waals surface area contributed by atoms with Crippen LogP contribution in [0, 0.1) is 0 Å². The van der Waals surface area contributed by atoms with Crippen molar-refractivity contribution >= 4 is 11.4 Å². The maximum absolute atomic E-state index is 6.12. The van der Waals surface area contributed by atoms with Crippen LogP contribution in [-0.2, 0) is 0 Å². The summed E-state index contributed by atoms with van der Waals surface area (Å²) in [6.45, 7) is 6.15. The van der Waals surface area contributed by atoms with Crippen molar-refractivity contribution in [3.8, 4) is 11.5 Å². The molecule has 2 rings (SSSR count). The molecule has 1 aromatic carbocycles. The highest BCUT2D eigenvalue weighted by molar-refractivity contribution is 6.03. The first-order chi connectivity index (χ1) is 11.2. The molecule has 1 saturated heterocycles. The number of hydrogen-bond acceptors (Lipinski definition) is 5. The number of piperidine rings is 1. The van der Waals surface area contributed by atoms with Gasteiger partial charge in [0.1, 0.15) is 0 Å². The molecule has 2 N–H and O–H groups in total. The smallest absolute Gasteiger partial charge is 0.163 e. The van der Waals surface area contributed by atoms with Crippen LogP contribution in [0.25, 0.3) is 0 Å². The minimum absolute atomic E-state index is 0.667. The Bertz CT molecular complexity index is 537. The van der Waals surface area contributed by atoms with Crippen LogP contribution in [0.5, 0.6) is 11.5 Å². The monoisotopic (exact) mass is 319 g/mol. The van der Waals surface area contributed by atoms with E-state index in [2.05, 4.69) is 9.89 Å². The second-order valence-electron chi connectivity index (χ2n) is 6.00. The molecule has 0 spiro atoms. The fourth-order valence-electron chi connectivity index (χ4n) is 2.94. The molecule has 1 fully saturated rings. The Balaban J connectivity index is 1.92. The molecular formula is C18H29N3O2. The SMILES string of the molecule is C/N=C(/C)c1cc(OC)c(OCCCN2CCCCC2)cc1N. The molecule has 1 aromatic rings. The van der Waals surface area contributed by atoms with E-state index in [1.165, 1.54) is 32.4 Å². The first kappa shape index (κ1) is 17.6. The van der Waals surface area contributed by atoms with Crippen molar-refractivity contribution in [3.63, 3.8) is 0 Å². The van der Waals surface area contributed by atoms with Crippen LogP contribution in [0.4, 0.5) is 5.69 Å². The van der Waals surface area contributed by atoms with Gasteiger partial charge in [-0.05, 0) is 45.3 Å². The zero-order valence-electron chi connectivity index (χ0n) is 14.6. The molecule has 0 bridgehead atoms. The largest absolute Gasteiger partial charge is 0.493 e. The molecule has 0 atom stereocenters. The highest BCUT2D eigenvalue weighted by Gasteiger charge is 2.13. The van der Waals surface area contributed by atoms with Crippen LogP contribution >= 0.6 is 0 Å². The molecule has 1 aliphatic rings. The third-order valence-electron chi connectivity index (χ3n) is 4.39. The van der Waals surface area contributed by atoms with Crippen LogP contribution in [0.1, 0.15) is 38.2 Å². The summed E-state index contributed by atoms with van der Waals surface area (Å²) in [4.78, 5) is 6.70. The standard InChI is InChI=1S/C18H29N3O2/c1-14(20-2)15-12-17(22-3)18(13-16(15)19)23-11-7-10-21-8-5-4-6-9-21/h12-13H,4-11,19H2,1-3H3/b20-14-. The van der Waals surface area contributed by atoms with Gasteiger partial charge in [-0.1, -0.05) is 6.42 Å². The summed E-state index contributed by atoms with van der Waals surface area (Å²) in [5.74, 6) is 1.41. The van der Waals surface area contributed by atoms with E-state index < -0.39 is 0 Å². The van der Waals surface area contributed by atoms with Gasteiger partial charge in [0.15, 0.2) is 11.5 Å². The van der Waals surface area contributed by atoms with Crippen molar-refractivity contribution in [2.24, 2.45) is 4.99 Å². The molecule has 1 aliphatic heterocycles. The maximum atomic E-state index is 6.12. The molecule has 0 saturated carbocycles. The zero-order chi connectivity index (χ0) is 16.7. The van der Waals surface area contributed by atoms with E-state index in [0.29, 0.717) is 23.8 Å². The lowest BCUT2D eigenvalue weighted by Gasteiger charge is -2.26. The van der Waals surface area contributed by atoms with Gasteiger partial charge in [0.05, 0.1) is 13.7 Å². The van der Waals surface area contributed by atoms with Crippen molar-refractivity contribution in [1.29, 1.82) is 0 Å². The first-order valence-corrected chi connectivity index (χ1v) is 8.42. The number of anilines is 1. The Labute approximate surface area is 139 Å². The molecule has 1 heterocycles. The number of nitrogen functional groups attached to an aromatic ring is 1. The summed E-state index contributed by atoms with van der Waals surface area (Å²) in [6.07, 6.45) is 5.03. The lowest BCUT2D eigenvalue weighted by molar-refractivity contribution is 0.203.